The van der Waals surface area contributed by atoms with Crippen LogP contribution in [-0.2, 0) is 15.6 Å². The van der Waals surface area contributed by atoms with E-state index in [-0.39, 0.29) is 16.3 Å². The van der Waals surface area contributed by atoms with Gasteiger partial charge < -0.3 is 5.73 Å². The summed E-state index contributed by atoms with van der Waals surface area (Å²) in [5, 5.41) is 0. The van der Waals surface area contributed by atoms with Crippen molar-refractivity contribution in [3.63, 3.8) is 0 Å². The predicted molar refractivity (Wildman–Crippen MR) is 70.7 cm³/mol. The van der Waals surface area contributed by atoms with Crippen LogP contribution in [-0.4, -0.2) is 13.4 Å². The topological polar surface area (TPSA) is 73.0 Å². The van der Waals surface area contributed by atoms with Gasteiger partial charge in [-0.05, 0) is 37.3 Å². The van der Waals surface area contributed by atoms with Crippen LogP contribution in [0.4, 0.5) is 10.1 Å². The van der Waals surface area contributed by atoms with E-state index in [1.54, 1.807) is 25.1 Å². The summed E-state index contributed by atoms with van der Waals surface area (Å²) in [6, 6.07) is 8.40. The normalized spacial score (nSPS) is 11.5. The molecule has 0 bridgehead atoms. The van der Waals surface area contributed by atoms with Crippen molar-refractivity contribution < 1.29 is 12.8 Å². The Morgan fingerprint density at radius 2 is 2.00 bits per heavy atom. The van der Waals surface area contributed by atoms with Gasteiger partial charge in [0.25, 0.3) is 0 Å². The molecule has 0 amide bonds. The van der Waals surface area contributed by atoms with Gasteiger partial charge in [0.15, 0.2) is 9.84 Å². The van der Waals surface area contributed by atoms with Crippen LogP contribution in [0.3, 0.4) is 0 Å². The minimum atomic E-state index is -3.71. The maximum absolute atomic E-state index is 13.1. The number of rotatable bonds is 3. The van der Waals surface area contributed by atoms with Crippen LogP contribution in [0.2, 0.25) is 0 Å². The maximum atomic E-state index is 13.1. The van der Waals surface area contributed by atoms with Crippen molar-refractivity contribution in [1.29, 1.82) is 0 Å². The molecule has 4 nitrogen and oxygen atoms in total. The van der Waals surface area contributed by atoms with Crippen LogP contribution < -0.4 is 5.73 Å². The Morgan fingerprint density at radius 1 is 1.26 bits per heavy atom. The Labute approximate surface area is 111 Å². The van der Waals surface area contributed by atoms with Gasteiger partial charge in [0, 0.05) is 5.69 Å². The molecule has 0 unspecified atom stereocenters. The van der Waals surface area contributed by atoms with E-state index in [4.69, 9.17) is 5.73 Å². The van der Waals surface area contributed by atoms with Crippen LogP contribution in [0.15, 0.2) is 41.3 Å². The van der Waals surface area contributed by atoms with Crippen molar-refractivity contribution in [3.8, 4) is 0 Å². The van der Waals surface area contributed by atoms with Crippen molar-refractivity contribution >= 4 is 15.5 Å². The number of anilines is 1. The highest BCUT2D eigenvalue weighted by atomic mass is 32.2. The van der Waals surface area contributed by atoms with Gasteiger partial charge >= 0.3 is 0 Å². The number of hydrogen-bond donors (Lipinski definition) is 1. The highest BCUT2D eigenvalue weighted by Crippen LogP contribution is 2.23. The quantitative estimate of drug-likeness (QED) is 0.874. The second-order valence-electron chi connectivity index (χ2n) is 4.21. The van der Waals surface area contributed by atoms with Crippen molar-refractivity contribution in [2.45, 2.75) is 17.6 Å². The van der Waals surface area contributed by atoms with Crippen LogP contribution >= 0.6 is 0 Å². The number of benzene rings is 1. The standard InChI is InChI=1S/C13H13FN2O2S/c1-9-3-2-4-11(16-9)8-19(17,18)13-7-10(14)5-6-12(13)15/h2-7H,8,15H2,1H3. The van der Waals surface area contributed by atoms with E-state index in [9.17, 15) is 12.8 Å². The number of pyridine rings is 1. The summed E-state index contributed by atoms with van der Waals surface area (Å²) in [6.45, 7) is 1.77. The first-order chi connectivity index (χ1) is 8.88. The van der Waals surface area contributed by atoms with E-state index >= 15 is 0 Å². The fourth-order valence-corrected chi connectivity index (χ4v) is 3.15. The van der Waals surface area contributed by atoms with Gasteiger partial charge in [-0.3, -0.25) is 4.98 Å². The highest BCUT2D eigenvalue weighted by molar-refractivity contribution is 7.90. The third-order valence-electron chi connectivity index (χ3n) is 2.59. The molecule has 19 heavy (non-hydrogen) atoms. The van der Waals surface area contributed by atoms with Crippen molar-refractivity contribution in [1.82, 2.24) is 4.98 Å². The van der Waals surface area contributed by atoms with Gasteiger partial charge in [0.05, 0.1) is 22.0 Å². The third-order valence-corrected chi connectivity index (χ3v) is 4.29. The molecule has 1 aromatic heterocycles. The second kappa shape index (κ2) is 4.97. The molecular weight excluding hydrogens is 267 g/mol. The Balaban J connectivity index is 2.40. The summed E-state index contributed by atoms with van der Waals surface area (Å²) in [4.78, 5) is 3.92. The zero-order valence-corrected chi connectivity index (χ0v) is 11.1. The average Bonchev–Trinajstić information content (AvgIpc) is 2.31. The SMILES string of the molecule is Cc1cccc(CS(=O)(=O)c2cc(F)ccc2N)n1. The molecule has 100 valence electrons. The van der Waals surface area contributed by atoms with Crippen LogP contribution in [0.25, 0.3) is 0 Å². The number of aromatic nitrogens is 1. The molecular formula is C13H13FN2O2S. The number of nitrogens with zero attached hydrogens (tertiary/aromatic N) is 1. The molecule has 0 aliphatic heterocycles. The molecule has 0 aliphatic rings. The zero-order valence-electron chi connectivity index (χ0n) is 10.3. The van der Waals surface area contributed by atoms with Gasteiger partial charge in [-0.2, -0.15) is 0 Å². The first-order valence-electron chi connectivity index (χ1n) is 5.59. The van der Waals surface area contributed by atoms with Gasteiger partial charge in [-0.15, -0.1) is 0 Å². The van der Waals surface area contributed by atoms with E-state index in [0.717, 1.165) is 17.8 Å². The Bertz CT molecular complexity index is 714. The van der Waals surface area contributed by atoms with E-state index < -0.39 is 15.7 Å². The minimum Gasteiger partial charge on any atom is -0.398 e. The summed E-state index contributed by atoms with van der Waals surface area (Å²) in [6.07, 6.45) is 0. The molecule has 0 radical (unpaired) electrons. The van der Waals surface area contributed by atoms with Gasteiger partial charge in [0.2, 0.25) is 0 Å². The molecule has 2 rings (SSSR count). The maximum Gasteiger partial charge on any atom is 0.186 e. The average molecular weight is 280 g/mol. The number of halogens is 1. The van der Waals surface area contributed by atoms with E-state index in [1.807, 2.05) is 0 Å². The van der Waals surface area contributed by atoms with Crippen LogP contribution in [0.1, 0.15) is 11.4 Å². The summed E-state index contributed by atoms with van der Waals surface area (Å²) in [5.41, 5.74) is 6.76. The molecule has 1 aromatic carbocycles. The summed E-state index contributed by atoms with van der Waals surface area (Å²) >= 11 is 0. The largest absolute Gasteiger partial charge is 0.398 e. The number of hydrogen-bond acceptors (Lipinski definition) is 4. The van der Waals surface area contributed by atoms with E-state index in [0.29, 0.717) is 5.69 Å². The molecule has 0 saturated heterocycles. The Morgan fingerprint density at radius 3 is 2.68 bits per heavy atom. The number of sulfone groups is 1. The van der Waals surface area contributed by atoms with E-state index in [2.05, 4.69) is 4.98 Å². The lowest BCUT2D eigenvalue weighted by molar-refractivity contribution is 0.590. The van der Waals surface area contributed by atoms with Crippen molar-refractivity contribution in [2.24, 2.45) is 0 Å². The van der Waals surface area contributed by atoms with Crippen LogP contribution in [0, 0.1) is 12.7 Å². The fraction of sp³-hybridized carbons (Fsp3) is 0.154. The smallest absolute Gasteiger partial charge is 0.186 e. The second-order valence-corrected chi connectivity index (χ2v) is 6.17. The lowest BCUT2D eigenvalue weighted by Gasteiger charge is -2.07. The molecule has 6 heteroatoms. The van der Waals surface area contributed by atoms with Crippen molar-refractivity contribution in [2.75, 3.05) is 5.73 Å². The highest BCUT2D eigenvalue weighted by Gasteiger charge is 2.20. The summed E-state index contributed by atoms with van der Waals surface area (Å²) in [7, 11) is -3.71. The lowest BCUT2D eigenvalue weighted by atomic mass is 10.3. The van der Waals surface area contributed by atoms with Gasteiger partial charge in [-0.25, -0.2) is 12.8 Å². The zero-order chi connectivity index (χ0) is 14.0. The molecule has 0 spiro atoms. The summed E-state index contributed by atoms with van der Waals surface area (Å²) in [5.74, 6) is -0.938. The first-order valence-corrected chi connectivity index (χ1v) is 7.24. The minimum absolute atomic E-state index is 0.0362. The first kappa shape index (κ1) is 13.5. The Hall–Kier alpha value is -1.95. The molecule has 0 aliphatic carbocycles. The van der Waals surface area contributed by atoms with Gasteiger partial charge in [0.1, 0.15) is 5.82 Å². The fourth-order valence-electron chi connectivity index (χ4n) is 1.73. The molecule has 0 atom stereocenters. The molecule has 2 aromatic rings. The Kier molecular flexibility index (Phi) is 3.53. The van der Waals surface area contributed by atoms with Crippen LogP contribution in [0.5, 0.6) is 0 Å². The molecule has 0 fully saturated rings. The molecule has 0 saturated carbocycles. The van der Waals surface area contributed by atoms with Crippen molar-refractivity contribution in [3.05, 3.63) is 53.6 Å². The lowest BCUT2D eigenvalue weighted by Crippen LogP contribution is -2.09. The third kappa shape index (κ3) is 3.08. The number of nitrogens with two attached hydrogens (primary N) is 1. The number of aryl methyl sites for hydroxylation is 1. The molecule has 2 N–H and O–H groups in total. The summed E-state index contributed by atoms with van der Waals surface area (Å²) < 4.78 is 37.5. The van der Waals surface area contributed by atoms with Gasteiger partial charge in [-0.1, -0.05) is 6.07 Å². The predicted octanol–water partition coefficient (Wildman–Crippen LogP) is 2.09. The number of nitrogen functional groups attached to an aromatic ring is 1. The van der Waals surface area contributed by atoms with E-state index in [1.165, 1.54) is 6.07 Å². The monoisotopic (exact) mass is 280 g/mol. The molecule has 1 heterocycles.